The van der Waals surface area contributed by atoms with Gasteiger partial charge in [-0.2, -0.15) is 5.10 Å². The van der Waals surface area contributed by atoms with Gasteiger partial charge in [-0.1, -0.05) is 47.5 Å². The summed E-state index contributed by atoms with van der Waals surface area (Å²) in [4.78, 5) is 32.2. The molecule has 0 saturated heterocycles. The highest BCUT2D eigenvalue weighted by atomic mass is 35.5. The van der Waals surface area contributed by atoms with Crippen LogP contribution in [-0.2, 0) is 10.0 Å². The SMILES string of the molecule is NS(=O)(=O)c1ccccc1C(=O)N/N=C(\c1nc2ccc(Cl)cc2[nH]c1=O)C(O)c1ccc(Cl)cc1. The summed E-state index contributed by atoms with van der Waals surface area (Å²) in [6.45, 7) is 0. The predicted octanol–water partition coefficient (Wildman–Crippen LogP) is 2.75. The number of carbonyl (C=O) groups excluding carboxylic acids is 1. The first kappa shape index (κ1) is 25.5. The maximum Gasteiger partial charge on any atom is 0.276 e. The summed E-state index contributed by atoms with van der Waals surface area (Å²) < 4.78 is 23.8. The van der Waals surface area contributed by atoms with E-state index in [2.05, 4.69) is 20.5 Å². The van der Waals surface area contributed by atoms with Crippen molar-refractivity contribution in [1.29, 1.82) is 0 Å². The van der Waals surface area contributed by atoms with Crippen molar-refractivity contribution in [2.75, 3.05) is 0 Å². The fourth-order valence-electron chi connectivity index (χ4n) is 3.35. The summed E-state index contributed by atoms with van der Waals surface area (Å²) in [7, 11) is -4.22. The van der Waals surface area contributed by atoms with E-state index in [1.54, 1.807) is 12.1 Å². The number of amides is 1. The topological polar surface area (TPSA) is 168 Å². The van der Waals surface area contributed by atoms with Gasteiger partial charge in [0, 0.05) is 10.0 Å². The lowest BCUT2D eigenvalue weighted by molar-refractivity contribution is 0.0951. The first-order chi connectivity index (χ1) is 17.0. The third kappa shape index (κ3) is 5.45. The second-order valence-corrected chi connectivity index (χ2v) is 9.91. The molecule has 1 atom stereocenters. The first-order valence-electron chi connectivity index (χ1n) is 10.2. The number of sulfonamides is 1. The quantitative estimate of drug-likeness (QED) is 0.214. The number of aromatic nitrogens is 2. The molecule has 3 aromatic carbocycles. The molecular weight excluding hydrogens is 529 g/mol. The van der Waals surface area contributed by atoms with Crippen molar-refractivity contribution in [3.05, 3.63) is 104 Å². The van der Waals surface area contributed by atoms with Gasteiger partial charge in [0.2, 0.25) is 10.0 Å². The van der Waals surface area contributed by atoms with Crippen LogP contribution in [-0.4, -0.2) is 35.1 Å². The molecule has 184 valence electrons. The number of nitrogens with zero attached hydrogens (tertiary/aromatic N) is 2. The number of aliphatic hydroxyl groups excluding tert-OH is 1. The summed E-state index contributed by atoms with van der Waals surface area (Å²) in [5.41, 5.74) is 1.60. The lowest BCUT2D eigenvalue weighted by Crippen LogP contribution is -2.30. The number of carbonyl (C=O) groups is 1. The van der Waals surface area contributed by atoms with E-state index in [-0.39, 0.29) is 17.0 Å². The second-order valence-electron chi connectivity index (χ2n) is 7.51. The fraction of sp³-hybridized carbons (Fsp3) is 0.0435. The van der Waals surface area contributed by atoms with E-state index in [0.717, 1.165) is 6.07 Å². The molecule has 0 bridgehead atoms. The highest BCUT2D eigenvalue weighted by molar-refractivity contribution is 7.89. The zero-order chi connectivity index (χ0) is 26.0. The van der Waals surface area contributed by atoms with Crippen LogP contribution < -0.4 is 16.1 Å². The van der Waals surface area contributed by atoms with Crippen LogP contribution in [0.1, 0.15) is 27.7 Å². The average molecular weight is 546 g/mol. The Morgan fingerprint density at radius 2 is 1.72 bits per heavy atom. The molecule has 0 saturated carbocycles. The molecule has 0 aliphatic carbocycles. The van der Waals surface area contributed by atoms with Gasteiger partial charge in [-0.25, -0.2) is 24.0 Å². The lowest BCUT2D eigenvalue weighted by atomic mass is 10.0. The molecule has 1 unspecified atom stereocenters. The second kappa shape index (κ2) is 10.2. The summed E-state index contributed by atoms with van der Waals surface area (Å²) >= 11 is 11.9. The Morgan fingerprint density at radius 3 is 2.42 bits per heavy atom. The number of hydrazone groups is 1. The Labute approximate surface area is 214 Å². The highest BCUT2D eigenvalue weighted by Crippen LogP contribution is 2.21. The van der Waals surface area contributed by atoms with Crippen LogP contribution in [0.25, 0.3) is 11.0 Å². The molecule has 0 radical (unpaired) electrons. The number of rotatable bonds is 6. The summed E-state index contributed by atoms with van der Waals surface area (Å²) in [5.74, 6) is -0.940. The monoisotopic (exact) mass is 545 g/mol. The van der Waals surface area contributed by atoms with Gasteiger partial charge >= 0.3 is 0 Å². The van der Waals surface area contributed by atoms with Crippen molar-refractivity contribution in [3.8, 4) is 0 Å². The largest absolute Gasteiger partial charge is 0.382 e. The third-order valence-electron chi connectivity index (χ3n) is 5.06. The molecule has 0 fully saturated rings. The zero-order valence-corrected chi connectivity index (χ0v) is 20.5. The van der Waals surface area contributed by atoms with Crippen LogP contribution in [0.4, 0.5) is 0 Å². The third-order valence-corrected chi connectivity index (χ3v) is 6.51. The van der Waals surface area contributed by atoms with Gasteiger partial charge in [0.25, 0.3) is 11.5 Å². The van der Waals surface area contributed by atoms with Gasteiger partial charge in [-0.3, -0.25) is 9.59 Å². The van der Waals surface area contributed by atoms with Crippen molar-refractivity contribution in [3.63, 3.8) is 0 Å². The lowest BCUT2D eigenvalue weighted by Gasteiger charge is -2.15. The van der Waals surface area contributed by atoms with Gasteiger partial charge in [0.05, 0.1) is 21.5 Å². The zero-order valence-electron chi connectivity index (χ0n) is 18.1. The van der Waals surface area contributed by atoms with E-state index in [1.807, 2.05) is 0 Å². The molecule has 0 aliphatic heterocycles. The van der Waals surface area contributed by atoms with Gasteiger partial charge in [-0.15, -0.1) is 0 Å². The Kier molecular flexibility index (Phi) is 7.20. The Bertz CT molecular complexity index is 1670. The summed E-state index contributed by atoms with van der Waals surface area (Å²) in [5, 5.41) is 21.0. The van der Waals surface area contributed by atoms with E-state index >= 15 is 0 Å². The van der Waals surface area contributed by atoms with Crippen molar-refractivity contribution in [2.24, 2.45) is 10.2 Å². The molecule has 1 amide bonds. The number of primary sulfonamides is 1. The van der Waals surface area contributed by atoms with Crippen LogP contribution in [0.5, 0.6) is 0 Å². The maximum atomic E-state index is 12.9. The molecule has 36 heavy (non-hydrogen) atoms. The van der Waals surface area contributed by atoms with Crippen LogP contribution in [0.3, 0.4) is 0 Å². The number of aliphatic hydroxyl groups is 1. The minimum atomic E-state index is -4.22. The minimum Gasteiger partial charge on any atom is -0.382 e. The molecule has 10 nitrogen and oxygen atoms in total. The smallest absolute Gasteiger partial charge is 0.276 e. The summed E-state index contributed by atoms with van der Waals surface area (Å²) in [6, 6.07) is 16.0. The number of fused-ring (bicyclic) bond motifs is 1. The molecule has 1 heterocycles. The van der Waals surface area contributed by atoms with Gasteiger partial charge in [-0.05, 0) is 48.0 Å². The molecule has 4 aromatic rings. The van der Waals surface area contributed by atoms with E-state index in [4.69, 9.17) is 28.3 Å². The molecule has 1 aromatic heterocycles. The first-order valence-corrected chi connectivity index (χ1v) is 12.5. The number of aromatic amines is 1. The van der Waals surface area contributed by atoms with E-state index in [0.29, 0.717) is 26.6 Å². The Morgan fingerprint density at radius 1 is 1.06 bits per heavy atom. The van der Waals surface area contributed by atoms with E-state index in [9.17, 15) is 23.1 Å². The molecule has 0 aliphatic rings. The molecule has 0 spiro atoms. The fourth-order valence-corrected chi connectivity index (χ4v) is 4.39. The normalized spacial score (nSPS) is 12.9. The molecule has 13 heteroatoms. The van der Waals surface area contributed by atoms with Gasteiger partial charge < -0.3 is 10.1 Å². The number of halogens is 2. The van der Waals surface area contributed by atoms with Crippen LogP contribution in [0.15, 0.2) is 81.5 Å². The summed E-state index contributed by atoms with van der Waals surface area (Å²) in [6.07, 6.45) is -1.52. The molecule has 4 rings (SSSR count). The van der Waals surface area contributed by atoms with E-state index < -0.39 is 32.5 Å². The number of H-pyrrole nitrogens is 1. The van der Waals surface area contributed by atoms with Gasteiger partial charge in [0.1, 0.15) is 11.8 Å². The number of hydrogen-bond donors (Lipinski definition) is 4. The number of benzene rings is 3. The maximum absolute atomic E-state index is 12.9. The van der Waals surface area contributed by atoms with Crippen molar-refractivity contribution in [2.45, 2.75) is 11.0 Å². The molecular formula is C23H17Cl2N5O5S. The number of nitrogens with one attached hydrogen (secondary N) is 2. The van der Waals surface area contributed by atoms with Crippen LogP contribution in [0, 0.1) is 0 Å². The highest BCUT2D eigenvalue weighted by Gasteiger charge is 2.24. The number of hydrogen-bond acceptors (Lipinski definition) is 7. The predicted molar refractivity (Wildman–Crippen MR) is 136 cm³/mol. The molecule has 5 N–H and O–H groups in total. The van der Waals surface area contributed by atoms with Crippen molar-refractivity contribution in [1.82, 2.24) is 15.4 Å². The van der Waals surface area contributed by atoms with Crippen LogP contribution >= 0.6 is 23.2 Å². The van der Waals surface area contributed by atoms with Crippen molar-refractivity contribution < 1.29 is 18.3 Å². The van der Waals surface area contributed by atoms with Gasteiger partial charge in [0.15, 0.2) is 5.69 Å². The minimum absolute atomic E-state index is 0.279. The van der Waals surface area contributed by atoms with E-state index in [1.165, 1.54) is 48.5 Å². The Balaban J connectivity index is 1.82. The van der Waals surface area contributed by atoms with Crippen LogP contribution in [0.2, 0.25) is 10.0 Å². The Hall–Kier alpha value is -3.61. The average Bonchev–Trinajstić information content (AvgIpc) is 2.84. The number of nitrogens with two attached hydrogens (primary N) is 1. The van der Waals surface area contributed by atoms with Crippen molar-refractivity contribution >= 4 is 55.9 Å². The standard InChI is InChI=1S/C23H17Cl2N5O5S/c24-13-7-5-12(6-8-13)21(31)19(20-23(33)28-17-11-14(25)9-10-16(17)27-20)29-30-22(32)15-3-1-2-4-18(15)36(26,34)35/h1-11,21,31H,(H,28,33)(H,30,32)(H2,26,34,35)/b29-19+.